The summed E-state index contributed by atoms with van der Waals surface area (Å²) in [5, 5.41) is 9.73. The number of thiazole rings is 1. The van der Waals surface area contributed by atoms with Crippen molar-refractivity contribution < 1.29 is 9.90 Å². The first kappa shape index (κ1) is 13.3. The monoisotopic (exact) mass is 268 g/mol. The Balaban J connectivity index is 2.03. The van der Waals surface area contributed by atoms with Gasteiger partial charge in [0.1, 0.15) is 4.88 Å². The van der Waals surface area contributed by atoms with Gasteiger partial charge in [0.05, 0.1) is 6.20 Å². The molecule has 2 rings (SSSR count). The van der Waals surface area contributed by atoms with Crippen LogP contribution in [0.2, 0.25) is 0 Å². The molecule has 0 aromatic carbocycles. The Morgan fingerprint density at radius 1 is 1.50 bits per heavy atom. The molecule has 1 N–H and O–H groups in total. The van der Waals surface area contributed by atoms with Gasteiger partial charge in [0.2, 0.25) is 0 Å². The van der Waals surface area contributed by atoms with Crippen LogP contribution in [0.4, 0.5) is 5.13 Å². The second-order valence-electron chi connectivity index (χ2n) is 5.82. The Morgan fingerprint density at radius 3 is 2.61 bits per heavy atom. The fourth-order valence-corrected chi connectivity index (χ4v) is 3.24. The number of hydrogen-bond acceptors (Lipinski definition) is 4. The molecule has 1 fully saturated rings. The number of aromatic nitrogens is 1. The van der Waals surface area contributed by atoms with Crippen molar-refractivity contribution in [3.63, 3.8) is 0 Å². The SMILES string of the molecule is CN(c1ncc(C(=O)O)s1)C1CCC(C)(C)CC1. The lowest BCUT2D eigenvalue weighted by atomic mass is 9.75. The van der Waals surface area contributed by atoms with E-state index in [1.54, 1.807) is 0 Å². The van der Waals surface area contributed by atoms with E-state index in [0.717, 1.165) is 18.0 Å². The van der Waals surface area contributed by atoms with E-state index in [2.05, 4.69) is 23.7 Å². The number of carbonyl (C=O) groups is 1. The Hall–Kier alpha value is -1.10. The molecule has 1 heterocycles. The number of carboxylic acids is 1. The maximum atomic E-state index is 10.9. The van der Waals surface area contributed by atoms with Crippen molar-refractivity contribution in [2.75, 3.05) is 11.9 Å². The first-order valence-electron chi connectivity index (χ1n) is 6.31. The van der Waals surface area contributed by atoms with E-state index in [9.17, 15) is 4.79 Å². The van der Waals surface area contributed by atoms with Gasteiger partial charge in [-0.1, -0.05) is 25.2 Å². The minimum Gasteiger partial charge on any atom is -0.477 e. The zero-order chi connectivity index (χ0) is 13.3. The van der Waals surface area contributed by atoms with Gasteiger partial charge in [0, 0.05) is 13.1 Å². The second kappa shape index (κ2) is 4.88. The molecule has 0 atom stereocenters. The predicted octanol–water partition coefficient (Wildman–Crippen LogP) is 3.25. The van der Waals surface area contributed by atoms with Crippen LogP contribution < -0.4 is 4.90 Å². The topological polar surface area (TPSA) is 53.4 Å². The Bertz CT molecular complexity index is 432. The molecule has 0 unspecified atom stereocenters. The molecule has 1 aromatic rings. The molecule has 1 saturated carbocycles. The number of anilines is 1. The van der Waals surface area contributed by atoms with Crippen LogP contribution in [0.25, 0.3) is 0 Å². The number of carboxylic acid groups (broad SMARTS) is 1. The molecule has 100 valence electrons. The van der Waals surface area contributed by atoms with Gasteiger partial charge in [-0.3, -0.25) is 0 Å². The zero-order valence-corrected chi connectivity index (χ0v) is 12.0. The maximum Gasteiger partial charge on any atom is 0.347 e. The van der Waals surface area contributed by atoms with Crippen molar-refractivity contribution in [3.05, 3.63) is 11.1 Å². The summed E-state index contributed by atoms with van der Waals surface area (Å²) in [4.78, 5) is 17.5. The first-order chi connectivity index (χ1) is 8.39. The quantitative estimate of drug-likeness (QED) is 0.914. The van der Waals surface area contributed by atoms with Gasteiger partial charge in [-0.25, -0.2) is 9.78 Å². The number of hydrogen-bond donors (Lipinski definition) is 1. The third-order valence-corrected chi connectivity index (χ3v) is 4.94. The normalized spacial score (nSPS) is 19.7. The number of aromatic carboxylic acids is 1. The van der Waals surface area contributed by atoms with Crippen molar-refractivity contribution >= 4 is 22.4 Å². The molecular formula is C13H20N2O2S. The van der Waals surface area contributed by atoms with E-state index in [-0.39, 0.29) is 0 Å². The third kappa shape index (κ3) is 2.83. The second-order valence-corrected chi connectivity index (χ2v) is 6.83. The summed E-state index contributed by atoms with van der Waals surface area (Å²) in [5.74, 6) is -0.892. The molecule has 1 aliphatic rings. The van der Waals surface area contributed by atoms with E-state index in [0.29, 0.717) is 16.3 Å². The lowest BCUT2D eigenvalue weighted by molar-refractivity contribution is 0.0702. The summed E-state index contributed by atoms with van der Waals surface area (Å²) in [6.07, 6.45) is 6.21. The molecule has 18 heavy (non-hydrogen) atoms. The molecule has 5 heteroatoms. The molecule has 1 aromatic heterocycles. The zero-order valence-electron chi connectivity index (χ0n) is 11.1. The largest absolute Gasteiger partial charge is 0.477 e. The van der Waals surface area contributed by atoms with Crippen molar-refractivity contribution in [2.45, 2.75) is 45.6 Å². The predicted molar refractivity (Wildman–Crippen MR) is 73.5 cm³/mol. The molecular weight excluding hydrogens is 248 g/mol. The van der Waals surface area contributed by atoms with Gasteiger partial charge in [-0.2, -0.15) is 0 Å². The fraction of sp³-hybridized carbons (Fsp3) is 0.692. The third-order valence-electron chi connectivity index (χ3n) is 3.86. The summed E-state index contributed by atoms with van der Waals surface area (Å²) in [7, 11) is 2.02. The lowest BCUT2D eigenvalue weighted by Gasteiger charge is -2.38. The van der Waals surface area contributed by atoms with Gasteiger partial charge in [-0.05, 0) is 31.1 Å². The molecule has 0 amide bonds. The van der Waals surface area contributed by atoms with Crippen LogP contribution in [-0.4, -0.2) is 29.1 Å². The van der Waals surface area contributed by atoms with Gasteiger partial charge < -0.3 is 10.0 Å². The summed E-state index contributed by atoms with van der Waals surface area (Å²) in [5.41, 5.74) is 0.451. The summed E-state index contributed by atoms with van der Waals surface area (Å²) < 4.78 is 0. The Labute approximate surface area is 112 Å². The Kier molecular flexibility index (Phi) is 3.61. The van der Waals surface area contributed by atoms with Crippen molar-refractivity contribution in [2.24, 2.45) is 5.41 Å². The average molecular weight is 268 g/mol. The average Bonchev–Trinajstić information content (AvgIpc) is 2.77. The van der Waals surface area contributed by atoms with E-state index in [4.69, 9.17) is 5.11 Å². The summed E-state index contributed by atoms with van der Waals surface area (Å²) in [6.45, 7) is 4.63. The maximum absolute atomic E-state index is 10.9. The molecule has 0 spiro atoms. The summed E-state index contributed by atoms with van der Waals surface area (Å²) in [6, 6.07) is 0.491. The van der Waals surface area contributed by atoms with Gasteiger partial charge >= 0.3 is 5.97 Å². The summed E-state index contributed by atoms with van der Waals surface area (Å²) >= 11 is 1.26. The van der Waals surface area contributed by atoms with Crippen LogP contribution in [-0.2, 0) is 0 Å². The molecule has 0 radical (unpaired) electrons. The standard InChI is InChI=1S/C13H20N2O2S/c1-13(2)6-4-9(5-7-13)15(3)12-14-8-10(18-12)11(16)17/h8-9H,4-7H2,1-3H3,(H,16,17). The highest BCUT2D eigenvalue weighted by Gasteiger charge is 2.29. The van der Waals surface area contributed by atoms with E-state index >= 15 is 0 Å². The number of nitrogens with zero attached hydrogens (tertiary/aromatic N) is 2. The molecule has 0 aliphatic heterocycles. The van der Waals surface area contributed by atoms with Crippen LogP contribution >= 0.6 is 11.3 Å². The molecule has 4 nitrogen and oxygen atoms in total. The highest BCUT2D eigenvalue weighted by Crippen LogP contribution is 2.38. The molecule has 0 bridgehead atoms. The van der Waals surface area contributed by atoms with Gasteiger partial charge in [-0.15, -0.1) is 0 Å². The molecule has 0 saturated heterocycles. The smallest absolute Gasteiger partial charge is 0.347 e. The number of rotatable bonds is 3. The van der Waals surface area contributed by atoms with Crippen LogP contribution in [0.3, 0.4) is 0 Å². The van der Waals surface area contributed by atoms with E-state index in [1.165, 1.54) is 30.4 Å². The van der Waals surface area contributed by atoms with Gasteiger partial charge in [0.15, 0.2) is 5.13 Å². The minimum atomic E-state index is -0.892. The first-order valence-corrected chi connectivity index (χ1v) is 7.13. The van der Waals surface area contributed by atoms with E-state index in [1.807, 2.05) is 7.05 Å². The van der Waals surface area contributed by atoms with Gasteiger partial charge in [0.25, 0.3) is 0 Å². The van der Waals surface area contributed by atoms with E-state index < -0.39 is 5.97 Å². The van der Waals surface area contributed by atoms with Crippen molar-refractivity contribution in [1.29, 1.82) is 0 Å². The van der Waals surface area contributed by atoms with Crippen LogP contribution in [0.5, 0.6) is 0 Å². The highest BCUT2D eigenvalue weighted by atomic mass is 32.1. The minimum absolute atomic E-state index is 0.313. The van der Waals surface area contributed by atoms with Crippen LogP contribution in [0.1, 0.15) is 49.2 Å². The molecule has 1 aliphatic carbocycles. The van der Waals surface area contributed by atoms with Crippen LogP contribution in [0, 0.1) is 5.41 Å². The van der Waals surface area contributed by atoms with Crippen LogP contribution in [0.15, 0.2) is 6.20 Å². The fourth-order valence-electron chi connectivity index (χ4n) is 2.45. The Morgan fingerprint density at radius 2 is 2.11 bits per heavy atom. The lowest BCUT2D eigenvalue weighted by Crippen LogP contribution is -2.37. The van der Waals surface area contributed by atoms with Crippen molar-refractivity contribution in [3.8, 4) is 0 Å². The van der Waals surface area contributed by atoms with Crippen molar-refractivity contribution in [1.82, 2.24) is 4.98 Å². The highest BCUT2D eigenvalue weighted by molar-refractivity contribution is 7.17.